The molecule has 0 amide bonds. The Balaban J connectivity index is 2.98. The van der Waals surface area contributed by atoms with E-state index >= 15 is 0 Å². The highest BCUT2D eigenvalue weighted by Crippen LogP contribution is 2.35. The van der Waals surface area contributed by atoms with Gasteiger partial charge in [0.05, 0.1) is 14.2 Å². The highest BCUT2D eigenvalue weighted by molar-refractivity contribution is 9.10. The first-order valence-corrected chi connectivity index (χ1v) is 5.74. The number of hydrogen-bond donors (Lipinski definition) is 1. The summed E-state index contributed by atoms with van der Waals surface area (Å²) in [5, 5.41) is 3.23. The van der Waals surface area contributed by atoms with Crippen molar-refractivity contribution in [2.24, 2.45) is 0 Å². The quantitative estimate of drug-likeness (QED) is 0.644. The second kappa shape index (κ2) is 6.55. The van der Waals surface area contributed by atoms with Crippen LogP contribution in [0.2, 0.25) is 0 Å². The first-order chi connectivity index (χ1) is 7.74. The topological polar surface area (TPSA) is 30.5 Å². The van der Waals surface area contributed by atoms with Crippen molar-refractivity contribution in [1.82, 2.24) is 5.32 Å². The molecule has 0 bridgehead atoms. The maximum absolute atomic E-state index is 5.36. The fourth-order valence-electron chi connectivity index (χ4n) is 1.43. The van der Waals surface area contributed by atoms with Gasteiger partial charge in [0, 0.05) is 23.1 Å². The number of nitrogens with one attached hydrogen (secondary N) is 1. The van der Waals surface area contributed by atoms with Gasteiger partial charge in [0.25, 0.3) is 0 Å². The molecule has 0 aliphatic carbocycles. The van der Waals surface area contributed by atoms with E-state index in [1.807, 2.05) is 18.2 Å². The molecule has 3 nitrogen and oxygen atoms in total. The van der Waals surface area contributed by atoms with E-state index < -0.39 is 0 Å². The molecule has 16 heavy (non-hydrogen) atoms. The van der Waals surface area contributed by atoms with Gasteiger partial charge in [-0.15, -0.1) is 6.58 Å². The lowest BCUT2D eigenvalue weighted by molar-refractivity contribution is 0.350. The van der Waals surface area contributed by atoms with E-state index in [2.05, 4.69) is 27.8 Å². The van der Waals surface area contributed by atoms with Gasteiger partial charge >= 0.3 is 0 Å². The van der Waals surface area contributed by atoms with E-state index in [1.165, 1.54) is 0 Å². The van der Waals surface area contributed by atoms with Crippen molar-refractivity contribution in [3.63, 3.8) is 0 Å². The third-order valence-electron chi connectivity index (χ3n) is 2.18. The van der Waals surface area contributed by atoms with Gasteiger partial charge in [0.2, 0.25) is 0 Å². The maximum atomic E-state index is 5.36. The van der Waals surface area contributed by atoms with Crippen LogP contribution in [-0.2, 0) is 6.54 Å². The fraction of sp³-hybridized carbons (Fsp3) is 0.333. The van der Waals surface area contributed by atoms with Crippen molar-refractivity contribution in [2.75, 3.05) is 20.8 Å². The van der Waals surface area contributed by atoms with Gasteiger partial charge in [0.1, 0.15) is 0 Å². The summed E-state index contributed by atoms with van der Waals surface area (Å²) in [6.07, 6.45) is 1.82. The number of rotatable bonds is 6. The smallest absolute Gasteiger partial charge is 0.166 e. The summed E-state index contributed by atoms with van der Waals surface area (Å²) in [4.78, 5) is 0. The van der Waals surface area contributed by atoms with Crippen LogP contribution < -0.4 is 14.8 Å². The summed E-state index contributed by atoms with van der Waals surface area (Å²) in [5.41, 5.74) is 1.05. The molecule has 1 aromatic rings. The summed E-state index contributed by atoms with van der Waals surface area (Å²) < 4.78 is 11.6. The SMILES string of the molecule is C=CCNCc1c(Br)ccc(OC)c1OC. The molecule has 88 valence electrons. The van der Waals surface area contributed by atoms with Crippen LogP contribution in [0.5, 0.6) is 11.5 Å². The van der Waals surface area contributed by atoms with Crippen LogP contribution in [0.4, 0.5) is 0 Å². The molecule has 0 spiro atoms. The molecule has 0 radical (unpaired) electrons. The van der Waals surface area contributed by atoms with Crippen molar-refractivity contribution >= 4 is 15.9 Å². The highest BCUT2D eigenvalue weighted by atomic mass is 79.9. The Bertz CT molecular complexity index is 366. The van der Waals surface area contributed by atoms with Crippen molar-refractivity contribution in [2.45, 2.75) is 6.54 Å². The molecule has 4 heteroatoms. The van der Waals surface area contributed by atoms with E-state index in [0.29, 0.717) is 6.54 Å². The van der Waals surface area contributed by atoms with E-state index in [4.69, 9.17) is 9.47 Å². The fourth-order valence-corrected chi connectivity index (χ4v) is 1.88. The molecule has 0 heterocycles. The summed E-state index contributed by atoms with van der Waals surface area (Å²) in [6.45, 7) is 5.12. The Kier molecular flexibility index (Phi) is 5.35. The second-order valence-electron chi connectivity index (χ2n) is 3.18. The van der Waals surface area contributed by atoms with E-state index in [0.717, 1.165) is 28.1 Å². The molecular weight excluding hydrogens is 270 g/mol. The van der Waals surface area contributed by atoms with Crippen LogP contribution in [0, 0.1) is 0 Å². The normalized spacial score (nSPS) is 9.94. The van der Waals surface area contributed by atoms with Crippen LogP contribution in [0.1, 0.15) is 5.56 Å². The third-order valence-corrected chi connectivity index (χ3v) is 2.92. The summed E-state index contributed by atoms with van der Waals surface area (Å²) in [7, 11) is 3.27. The van der Waals surface area contributed by atoms with Crippen LogP contribution in [-0.4, -0.2) is 20.8 Å². The van der Waals surface area contributed by atoms with Gasteiger partial charge in [-0.25, -0.2) is 0 Å². The van der Waals surface area contributed by atoms with Gasteiger partial charge in [-0.1, -0.05) is 22.0 Å². The van der Waals surface area contributed by atoms with E-state index in [1.54, 1.807) is 14.2 Å². The second-order valence-corrected chi connectivity index (χ2v) is 4.04. The molecule has 0 saturated heterocycles. The number of benzene rings is 1. The molecule has 0 saturated carbocycles. The minimum absolute atomic E-state index is 0.701. The lowest BCUT2D eigenvalue weighted by Crippen LogP contribution is -2.14. The zero-order chi connectivity index (χ0) is 12.0. The number of ether oxygens (including phenoxy) is 2. The van der Waals surface area contributed by atoms with Crippen LogP contribution in [0.25, 0.3) is 0 Å². The predicted molar refractivity (Wildman–Crippen MR) is 69.1 cm³/mol. The van der Waals surface area contributed by atoms with Crippen molar-refractivity contribution in [1.29, 1.82) is 0 Å². The molecule has 0 atom stereocenters. The Morgan fingerprint density at radius 1 is 1.38 bits per heavy atom. The van der Waals surface area contributed by atoms with Gasteiger partial charge in [-0.2, -0.15) is 0 Å². The van der Waals surface area contributed by atoms with Gasteiger partial charge in [-0.05, 0) is 12.1 Å². The monoisotopic (exact) mass is 285 g/mol. The molecule has 0 aromatic heterocycles. The van der Waals surface area contributed by atoms with Crippen molar-refractivity contribution < 1.29 is 9.47 Å². The van der Waals surface area contributed by atoms with Crippen molar-refractivity contribution in [3.05, 3.63) is 34.8 Å². The lowest BCUT2D eigenvalue weighted by Gasteiger charge is -2.14. The average Bonchev–Trinajstić information content (AvgIpc) is 2.31. The summed E-state index contributed by atoms with van der Waals surface area (Å²) in [6, 6.07) is 3.83. The molecule has 0 aliphatic heterocycles. The number of methoxy groups -OCH3 is 2. The minimum Gasteiger partial charge on any atom is -0.493 e. The molecule has 1 N–H and O–H groups in total. The Labute approximate surface area is 105 Å². The molecule has 0 fully saturated rings. The Morgan fingerprint density at radius 3 is 2.69 bits per heavy atom. The largest absolute Gasteiger partial charge is 0.493 e. The summed E-state index contributed by atoms with van der Waals surface area (Å²) in [5.74, 6) is 1.49. The highest BCUT2D eigenvalue weighted by Gasteiger charge is 2.12. The molecular formula is C12H16BrNO2. The first-order valence-electron chi connectivity index (χ1n) is 4.95. The standard InChI is InChI=1S/C12H16BrNO2/c1-4-7-14-8-9-10(13)5-6-11(15-2)12(9)16-3/h4-6,14H,1,7-8H2,2-3H3. The molecule has 0 aliphatic rings. The van der Waals surface area contributed by atoms with Crippen molar-refractivity contribution in [3.8, 4) is 11.5 Å². The van der Waals surface area contributed by atoms with Gasteiger partial charge in [0.15, 0.2) is 11.5 Å². The first kappa shape index (κ1) is 13.1. The van der Waals surface area contributed by atoms with Crippen LogP contribution in [0.15, 0.2) is 29.3 Å². The van der Waals surface area contributed by atoms with Gasteiger partial charge in [-0.3, -0.25) is 0 Å². The zero-order valence-corrected chi connectivity index (χ0v) is 11.1. The lowest BCUT2D eigenvalue weighted by atomic mass is 10.2. The molecule has 0 unspecified atom stereocenters. The van der Waals surface area contributed by atoms with Crippen LogP contribution in [0.3, 0.4) is 0 Å². The Morgan fingerprint density at radius 2 is 2.12 bits per heavy atom. The van der Waals surface area contributed by atoms with E-state index in [9.17, 15) is 0 Å². The molecule has 1 aromatic carbocycles. The summed E-state index contributed by atoms with van der Waals surface area (Å²) >= 11 is 3.50. The van der Waals surface area contributed by atoms with Gasteiger partial charge < -0.3 is 14.8 Å². The zero-order valence-electron chi connectivity index (χ0n) is 9.55. The number of halogens is 1. The third kappa shape index (κ3) is 3.00. The maximum Gasteiger partial charge on any atom is 0.166 e. The average molecular weight is 286 g/mol. The molecule has 1 rings (SSSR count). The minimum atomic E-state index is 0.701. The van der Waals surface area contributed by atoms with E-state index in [-0.39, 0.29) is 0 Å². The predicted octanol–water partition coefficient (Wildman–Crippen LogP) is 2.74. The van der Waals surface area contributed by atoms with Crippen LogP contribution >= 0.6 is 15.9 Å². The number of hydrogen-bond acceptors (Lipinski definition) is 3. The Hall–Kier alpha value is -1.00.